The van der Waals surface area contributed by atoms with Crippen molar-refractivity contribution in [2.24, 2.45) is 5.92 Å². The summed E-state index contributed by atoms with van der Waals surface area (Å²) in [6.45, 7) is 3.58. The molecule has 2 atom stereocenters. The zero-order valence-corrected chi connectivity index (χ0v) is 17.7. The van der Waals surface area contributed by atoms with E-state index in [0.717, 1.165) is 10.5 Å². The number of hydrogen-bond donors (Lipinski definition) is 1. The SMILES string of the molecule is CC[C@H](C)[C@@H](C(=O)OCC(=O)NCCc1ccccc1)N1C(=O)c2ccccc2C1=O. The third-order valence-corrected chi connectivity index (χ3v) is 5.45. The second-order valence-corrected chi connectivity index (χ2v) is 7.55. The molecular formula is C24H26N2O5. The highest BCUT2D eigenvalue weighted by Gasteiger charge is 2.45. The summed E-state index contributed by atoms with van der Waals surface area (Å²) in [5.41, 5.74) is 1.63. The van der Waals surface area contributed by atoms with Gasteiger partial charge in [0.05, 0.1) is 11.1 Å². The van der Waals surface area contributed by atoms with E-state index in [9.17, 15) is 19.2 Å². The van der Waals surface area contributed by atoms with Crippen molar-refractivity contribution in [3.63, 3.8) is 0 Å². The lowest BCUT2D eigenvalue weighted by molar-refractivity contribution is -0.153. The van der Waals surface area contributed by atoms with Crippen LogP contribution in [0.25, 0.3) is 0 Å². The molecule has 1 aliphatic heterocycles. The van der Waals surface area contributed by atoms with E-state index in [1.165, 1.54) is 0 Å². The van der Waals surface area contributed by atoms with Crippen LogP contribution >= 0.6 is 0 Å². The molecule has 0 fully saturated rings. The largest absolute Gasteiger partial charge is 0.454 e. The van der Waals surface area contributed by atoms with E-state index in [1.54, 1.807) is 31.2 Å². The fraction of sp³-hybridized carbons (Fsp3) is 0.333. The van der Waals surface area contributed by atoms with Crippen LogP contribution in [0.3, 0.4) is 0 Å². The maximum absolute atomic E-state index is 12.8. The van der Waals surface area contributed by atoms with Crippen molar-refractivity contribution in [2.75, 3.05) is 13.2 Å². The maximum atomic E-state index is 12.8. The van der Waals surface area contributed by atoms with Crippen molar-refractivity contribution in [1.82, 2.24) is 10.2 Å². The fourth-order valence-electron chi connectivity index (χ4n) is 3.54. The van der Waals surface area contributed by atoms with Crippen molar-refractivity contribution < 1.29 is 23.9 Å². The van der Waals surface area contributed by atoms with Gasteiger partial charge in [-0.05, 0) is 30.0 Å². The van der Waals surface area contributed by atoms with E-state index >= 15 is 0 Å². The van der Waals surface area contributed by atoms with E-state index in [4.69, 9.17) is 4.74 Å². The van der Waals surface area contributed by atoms with Gasteiger partial charge in [-0.2, -0.15) is 0 Å². The van der Waals surface area contributed by atoms with Crippen LogP contribution < -0.4 is 5.32 Å². The molecule has 162 valence electrons. The molecule has 0 unspecified atom stereocenters. The average Bonchev–Trinajstić information content (AvgIpc) is 3.04. The van der Waals surface area contributed by atoms with Crippen LogP contribution in [0.1, 0.15) is 46.5 Å². The second-order valence-electron chi connectivity index (χ2n) is 7.55. The molecule has 1 N–H and O–H groups in total. The number of carbonyl (C=O) groups is 4. The first-order valence-electron chi connectivity index (χ1n) is 10.4. The Labute approximate surface area is 181 Å². The van der Waals surface area contributed by atoms with Crippen molar-refractivity contribution >= 4 is 23.7 Å². The van der Waals surface area contributed by atoms with E-state index in [2.05, 4.69) is 5.32 Å². The molecule has 1 heterocycles. The van der Waals surface area contributed by atoms with Gasteiger partial charge in [0.1, 0.15) is 6.04 Å². The Kier molecular flexibility index (Phi) is 7.18. The summed E-state index contributed by atoms with van der Waals surface area (Å²) in [5, 5.41) is 2.71. The lowest BCUT2D eigenvalue weighted by Gasteiger charge is -2.28. The molecule has 0 saturated carbocycles. The lowest BCUT2D eigenvalue weighted by atomic mass is 9.97. The number of ether oxygens (including phenoxy) is 1. The quantitative estimate of drug-likeness (QED) is 0.495. The Bertz CT molecular complexity index is 938. The predicted octanol–water partition coefficient (Wildman–Crippen LogP) is 2.60. The van der Waals surface area contributed by atoms with Crippen LogP contribution in [0.5, 0.6) is 0 Å². The summed E-state index contributed by atoms with van der Waals surface area (Å²) in [6.07, 6.45) is 1.21. The molecule has 0 spiro atoms. The highest BCUT2D eigenvalue weighted by molar-refractivity contribution is 6.22. The van der Waals surface area contributed by atoms with Gasteiger partial charge in [-0.3, -0.25) is 19.3 Å². The Morgan fingerprint density at radius 1 is 0.968 bits per heavy atom. The first-order valence-corrected chi connectivity index (χ1v) is 10.4. The number of imide groups is 1. The molecule has 0 radical (unpaired) electrons. The molecule has 3 amide bonds. The average molecular weight is 422 g/mol. The van der Waals surface area contributed by atoms with Gasteiger partial charge in [0.15, 0.2) is 6.61 Å². The minimum atomic E-state index is -1.09. The highest BCUT2D eigenvalue weighted by Crippen LogP contribution is 2.28. The fourth-order valence-corrected chi connectivity index (χ4v) is 3.54. The molecule has 2 aromatic rings. The number of nitrogens with one attached hydrogen (secondary N) is 1. The van der Waals surface area contributed by atoms with Crippen LogP contribution in [0.15, 0.2) is 54.6 Å². The van der Waals surface area contributed by atoms with E-state index in [0.29, 0.717) is 19.4 Å². The standard InChI is InChI=1S/C24H26N2O5/c1-3-16(2)21(26-22(28)18-11-7-8-12-19(18)23(26)29)24(30)31-15-20(27)25-14-13-17-9-5-4-6-10-17/h4-12,16,21H,3,13-15H2,1-2H3,(H,25,27)/t16-,21-/m0/s1. The van der Waals surface area contributed by atoms with Gasteiger partial charge in [0.25, 0.3) is 17.7 Å². The van der Waals surface area contributed by atoms with Crippen molar-refractivity contribution in [3.05, 3.63) is 71.3 Å². The normalized spacial score (nSPS) is 14.7. The molecular weight excluding hydrogens is 396 g/mol. The number of benzene rings is 2. The summed E-state index contributed by atoms with van der Waals surface area (Å²) in [6, 6.07) is 15.1. The molecule has 1 aliphatic rings. The Morgan fingerprint density at radius 2 is 1.55 bits per heavy atom. The molecule has 7 heteroatoms. The predicted molar refractivity (Wildman–Crippen MR) is 114 cm³/mol. The molecule has 3 rings (SSSR count). The van der Waals surface area contributed by atoms with Gasteiger partial charge in [-0.1, -0.05) is 62.7 Å². The van der Waals surface area contributed by atoms with E-state index < -0.39 is 36.3 Å². The molecule has 7 nitrogen and oxygen atoms in total. The molecule has 0 bridgehead atoms. The summed E-state index contributed by atoms with van der Waals surface area (Å²) >= 11 is 0. The van der Waals surface area contributed by atoms with E-state index in [-0.39, 0.29) is 17.0 Å². The minimum Gasteiger partial charge on any atom is -0.454 e. The number of amides is 3. The third-order valence-electron chi connectivity index (χ3n) is 5.45. The van der Waals surface area contributed by atoms with Crippen molar-refractivity contribution in [3.8, 4) is 0 Å². The summed E-state index contributed by atoms with van der Waals surface area (Å²) in [4.78, 5) is 51.5. The van der Waals surface area contributed by atoms with Gasteiger partial charge in [0, 0.05) is 6.54 Å². The van der Waals surface area contributed by atoms with Crippen LogP contribution in [0.2, 0.25) is 0 Å². The number of hydrogen-bond acceptors (Lipinski definition) is 5. The zero-order chi connectivity index (χ0) is 22.4. The first-order chi connectivity index (χ1) is 14.9. The molecule has 2 aromatic carbocycles. The molecule has 0 aromatic heterocycles. The van der Waals surface area contributed by atoms with Crippen LogP contribution in [0, 0.1) is 5.92 Å². The van der Waals surface area contributed by atoms with Gasteiger partial charge in [-0.25, -0.2) is 4.79 Å². The van der Waals surface area contributed by atoms with Gasteiger partial charge in [0.2, 0.25) is 0 Å². The number of carbonyl (C=O) groups excluding carboxylic acids is 4. The topological polar surface area (TPSA) is 92.8 Å². The van der Waals surface area contributed by atoms with Gasteiger partial charge < -0.3 is 10.1 Å². The van der Waals surface area contributed by atoms with Crippen LogP contribution in [-0.2, 0) is 20.7 Å². The Hall–Kier alpha value is -3.48. The number of fused-ring (bicyclic) bond motifs is 1. The molecule has 0 aliphatic carbocycles. The Morgan fingerprint density at radius 3 is 2.13 bits per heavy atom. The highest BCUT2D eigenvalue weighted by atomic mass is 16.5. The van der Waals surface area contributed by atoms with E-state index in [1.807, 2.05) is 37.3 Å². The number of esters is 1. The monoisotopic (exact) mass is 422 g/mol. The Balaban J connectivity index is 1.60. The smallest absolute Gasteiger partial charge is 0.330 e. The number of nitrogens with zero attached hydrogens (tertiary/aromatic N) is 1. The van der Waals surface area contributed by atoms with Gasteiger partial charge in [-0.15, -0.1) is 0 Å². The second kappa shape index (κ2) is 10.0. The summed E-state index contributed by atoms with van der Waals surface area (Å²) in [7, 11) is 0. The van der Waals surface area contributed by atoms with Crippen molar-refractivity contribution in [1.29, 1.82) is 0 Å². The number of rotatable bonds is 9. The molecule has 0 saturated heterocycles. The van der Waals surface area contributed by atoms with Gasteiger partial charge >= 0.3 is 5.97 Å². The first kappa shape index (κ1) is 22.2. The minimum absolute atomic E-state index is 0.271. The summed E-state index contributed by atoms with van der Waals surface area (Å²) < 4.78 is 5.20. The van der Waals surface area contributed by atoms with Crippen LogP contribution in [0.4, 0.5) is 0 Å². The van der Waals surface area contributed by atoms with Crippen molar-refractivity contribution in [2.45, 2.75) is 32.7 Å². The maximum Gasteiger partial charge on any atom is 0.330 e. The lowest BCUT2D eigenvalue weighted by Crippen LogP contribution is -2.49. The molecule has 31 heavy (non-hydrogen) atoms. The van der Waals surface area contributed by atoms with Crippen LogP contribution in [-0.4, -0.2) is 47.8 Å². The third kappa shape index (κ3) is 4.99. The zero-order valence-electron chi connectivity index (χ0n) is 17.7. The summed E-state index contributed by atoms with van der Waals surface area (Å²) in [5.74, 6) is -2.56.